The minimum absolute atomic E-state index is 0.273. The van der Waals surface area contributed by atoms with Crippen LogP contribution >= 0.6 is 0 Å². The van der Waals surface area contributed by atoms with Crippen LogP contribution in [0, 0.1) is 5.92 Å². The molecule has 3 heterocycles. The highest BCUT2D eigenvalue weighted by atomic mass is 32.2. The first kappa shape index (κ1) is 13.5. The van der Waals surface area contributed by atoms with Crippen LogP contribution in [0.15, 0.2) is 29.4 Å². The monoisotopic (exact) mass is 294 g/mol. The molecule has 1 aliphatic heterocycles. The molecular formula is C13H18N4O2S. The lowest BCUT2D eigenvalue weighted by Gasteiger charge is -2.22. The molecule has 0 aromatic carbocycles. The maximum absolute atomic E-state index is 12.4. The molecular weight excluding hydrogens is 276 g/mol. The van der Waals surface area contributed by atoms with Crippen LogP contribution in [0.5, 0.6) is 0 Å². The van der Waals surface area contributed by atoms with Gasteiger partial charge >= 0.3 is 0 Å². The van der Waals surface area contributed by atoms with Gasteiger partial charge in [-0.2, -0.15) is 0 Å². The van der Waals surface area contributed by atoms with Crippen molar-refractivity contribution in [2.75, 3.05) is 19.6 Å². The molecule has 0 amide bonds. The number of hydrogen-bond acceptors (Lipinski definition) is 4. The van der Waals surface area contributed by atoms with Gasteiger partial charge in [-0.3, -0.25) is 0 Å². The second kappa shape index (κ2) is 5.51. The first-order valence-corrected chi connectivity index (χ1v) is 8.27. The summed E-state index contributed by atoms with van der Waals surface area (Å²) >= 11 is 0. The van der Waals surface area contributed by atoms with E-state index < -0.39 is 10.0 Å². The van der Waals surface area contributed by atoms with Crippen LogP contribution in [0.25, 0.3) is 11.0 Å². The molecule has 20 heavy (non-hydrogen) atoms. The van der Waals surface area contributed by atoms with Crippen molar-refractivity contribution >= 4 is 21.1 Å². The Bertz CT molecular complexity index is 689. The quantitative estimate of drug-likeness (QED) is 0.780. The zero-order valence-electron chi connectivity index (χ0n) is 11.1. The van der Waals surface area contributed by atoms with E-state index in [9.17, 15) is 8.42 Å². The highest BCUT2D eigenvalue weighted by Crippen LogP contribution is 2.21. The number of H-pyrrole nitrogens is 1. The van der Waals surface area contributed by atoms with Crippen molar-refractivity contribution < 1.29 is 8.42 Å². The number of sulfonamides is 1. The fourth-order valence-electron chi connectivity index (χ4n) is 2.54. The van der Waals surface area contributed by atoms with Crippen molar-refractivity contribution in [3.8, 4) is 0 Å². The molecule has 1 saturated heterocycles. The summed E-state index contributed by atoms with van der Waals surface area (Å²) in [6, 6.07) is 3.50. The SMILES string of the molecule is O=S(=O)(NCC1CCNCC1)c1c[nH]c2ncccc12. The number of pyridine rings is 1. The Labute approximate surface area is 118 Å². The Morgan fingerprint density at radius 3 is 2.95 bits per heavy atom. The van der Waals surface area contributed by atoms with E-state index in [1.165, 1.54) is 6.20 Å². The van der Waals surface area contributed by atoms with Gasteiger partial charge in [0.1, 0.15) is 10.5 Å². The van der Waals surface area contributed by atoms with Crippen LogP contribution in [-0.4, -0.2) is 38.0 Å². The third-order valence-corrected chi connectivity index (χ3v) is 5.19. The Balaban J connectivity index is 1.77. The summed E-state index contributed by atoms with van der Waals surface area (Å²) in [5, 5.41) is 3.90. The van der Waals surface area contributed by atoms with Gasteiger partial charge in [-0.15, -0.1) is 0 Å². The average molecular weight is 294 g/mol. The molecule has 3 rings (SSSR count). The second-order valence-electron chi connectivity index (χ2n) is 5.10. The number of fused-ring (bicyclic) bond motifs is 1. The van der Waals surface area contributed by atoms with Gasteiger partial charge in [-0.05, 0) is 44.0 Å². The van der Waals surface area contributed by atoms with Gasteiger partial charge in [0.2, 0.25) is 10.0 Å². The van der Waals surface area contributed by atoms with Crippen molar-refractivity contribution in [2.24, 2.45) is 5.92 Å². The van der Waals surface area contributed by atoms with Crippen LogP contribution in [0.4, 0.5) is 0 Å². The molecule has 6 nitrogen and oxygen atoms in total. The first-order valence-electron chi connectivity index (χ1n) is 6.79. The van der Waals surface area contributed by atoms with Gasteiger partial charge in [-0.25, -0.2) is 18.1 Å². The summed E-state index contributed by atoms with van der Waals surface area (Å²) in [5.74, 6) is 0.411. The predicted molar refractivity (Wildman–Crippen MR) is 76.9 cm³/mol. The molecule has 0 spiro atoms. The molecule has 7 heteroatoms. The molecule has 2 aromatic heterocycles. The van der Waals surface area contributed by atoms with Crippen LogP contribution in [-0.2, 0) is 10.0 Å². The van der Waals surface area contributed by atoms with Crippen molar-refractivity contribution in [3.05, 3.63) is 24.5 Å². The minimum Gasteiger partial charge on any atom is -0.345 e. The molecule has 0 aliphatic carbocycles. The van der Waals surface area contributed by atoms with Crippen LogP contribution in [0.3, 0.4) is 0 Å². The third kappa shape index (κ3) is 2.70. The fourth-order valence-corrected chi connectivity index (χ4v) is 3.82. The maximum atomic E-state index is 12.4. The Hall–Kier alpha value is -1.44. The number of aromatic nitrogens is 2. The van der Waals surface area contributed by atoms with Crippen molar-refractivity contribution in [2.45, 2.75) is 17.7 Å². The lowest BCUT2D eigenvalue weighted by molar-refractivity contribution is 0.372. The van der Waals surface area contributed by atoms with E-state index in [0.29, 0.717) is 23.5 Å². The highest BCUT2D eigenvalue weighted by Gasteiger charge is 2.21. The second-order valence-corrected chi connectivity index (χ2v) is 6.83. The first-order chi connectivity index (χ1) is 9.67. The zero-order valence-corrected chi connectivity index (χ0v) is 11.9. The van der Waals surface area contributed by atoms with Crippen LogP contribution in [0.2, 0.25) is 0 Å². The summed E-state index contributed by atoms with van der Waals surface area (Å²) < 4.78 is 27.5. The molecule has 0 saturated carbocycles. The number of nitrogens with one attached hydrogen (secondary N) is 3. The molecule has 2 aromatic rings. The largest absolute Gasteiger partial charge is 0.345 e. The van der Waals surface area contributed by atoms with Crippen molar-refractivity contribution in [3.63, 3.8) is 0 Å². The summed E-state index contributed by atoms with van der Waals surface area (Å²) in [6.45, 7) is 2.42. The number of piperidine rings is 1. The van der Waals surface area contributed by atoms with Gasteiger partial charge in [0.05, 0.1) is 0 Å². The summed E-state index contributed by atoms with van der Waals surface area (Å²) in [5.41, 5.74) is 0.592. The minimum atomic E-state index is -3.48. The highest BCUT2D eigenvalue weighted by molar-refractivity contribution is 7.89. The average Bonchev–Trinajstić information content (AvgIpc) is 2.91. The molecule has 108 valence electrons. The van der Waals surface area contributed by atoms with E-state index in [-0.39, 0.29) is 4.90 Å². The smallest absolute Gasteiger partial charge is 0.242 e. The lowest BCUT2D eigenvalue weighted by atomic mass is 9.99. The number of hydrogen-bond donors (Lipinski definition) is 3. The summed E-state index contributed by atoms with van der Waals surface area (Å²) in [4.78, 5) is 7.27. The number of nitrogens with zero attached hydrogens (tertiary/aromatic N) is 1. The van der Waals surface area contributed by atoms with Crippen molar-refractivity contribution in [1.82, 2.24) is 20.0 Å². The predicted octanol–water partition coefficient (Wildman–Crippen LogP) is 0.841. The molecule has 1 fully saturated rings. The normalized spacial score (nSPS) is 17.6. The molecule has 0 bridgehead atoms. The van der Waals surface area contributed by atoms with Crippen LogP contribution < -0.4 is 10.0 Å². The van der Waals surface area contributed by atoms with Crippen molar-refractivity contribution in [1.29, 1.82) is 0 Å². The maximum Gasteiger partial charge on any atom is 0.242 e. The van der Waals surface area contributed by atoms with E-state index >= 15 is 0 Å². The fraction of sp³-hybridized carbons (Fsp3) is 0.462. The topological polar surface area (TPSA) is 86.9 Å². The van der Waals surface area contributed by atoms with E-state index in [1.807, 2.05) is 0 Å². The van der Waals surface area contributed by atoms with E-state index in [0.717, 1.165) is 25.9 Å². The Morgan fingerprint density at radius 1 is 1.35 bits per heavy atom. The van der Waals surface area contributed by atoms with E-state index in [4.69, 9.17) is 0 Å². The van der Waals surface area contributed by atoms with E-state index in [1.54, 1.807) is 18.3 Å². The molecule has 3 N–H and O–H groups in total. The lowest BCUT2D eigenvalue weighted by Crippen LogP contribution is -2.35. The van der Waals surface area contributed by atoms with Gasteiger partial charge < -0.3 is 10.3 Å². The van der Waals surface area contributed by atoms with Gasteiger partial charge in [-0.1, -0.05) is 0 Å². The molecule has 1 aliphatic rings. The van der Waals surface area contributed by atoms with Gasteiger partial charge in [0.15, 0.2) is 0 Å². The third-order valence-electron chi connectivity index (χ3n) is 3.72. The van der Waals surface area contributed by atoms with Gasteiger partial charge in [0, 0.05) is 24.3 Å². The molecule has 0 unspecified atom stereocenters. The van der Waals surface area contributed by atoms with Gasteiger partial charge in [0.25, 0.3) is 0 Å². The Morgan fingerprint density at radius 2 is 2.15 bits per heavy atom. The standard InChI is InChI=1S/C13H18N4O2S/c18-20(19,17-8-10-3-6-14-7-4-10)12-9-16-13-11(12)2-1-5-15-13/h1-2,5,9-10,14,17H,3-4,6-8H2,(H,15,16). The van der Waals surface area contributed by atoms with Crippen LogP contribution in [0.1, 0.15) is 12.8 Å². The summed E-state index contributed by atoms with van der Waals surface area (Å²) in [6.07, 6.45) is 5.16. The summed E-state index contributed by atoms with van der Waals surface area (Å²) in [7, 11) is -3.48. The number of aromatic amines is 1. The molecule has 0 radical (unpaired) electrons. The Kier molecular flexibility index (Phi) is 3.73. The number of rotatable bonds is 4. The van der Waals surface area contributed by atoms with E-state index in [2.05, 4.69) is 20.0 Å². The molecule has 0 atom stereocenters. The zero-order chi connectivity index (χ0) is 14.0.